The Kier molecular flexibility index (Phi) is 2.80. The zero-order valence-electron chi connectivity index (χ0n) is 10.5. The molecule has 96 valence electrons. The number of pyridine rings is 1. The maximum absolute atomic E-state index is 13.1. The van der Waals surface area contributed by atoms with E-state index in [-0.39, 0.29) is 11.6 Å². The average Bonchev–Trinajstić information content (AvgIpc) is 2.55. The third-order valence-electron chi connectivity index (χ3n) is 3.23. The van der Waals surface area contributed by atoms with Crippen molar-refractivity contribution in [3.63, 3.8) is 0 Å². The van der Waals surface area contributed by atoms with Crippen molar-refractivity contribution in [3.05, 3.63) is 23.8 Å². The molecule has 0 bridgehead atoms. The topological polar surface area (TPSA) is 62.3 Å². The molecule has 2 rings (SSSR count). The summed E-state index contributed by atoms with van der Waals surface area (Å²) in [5.74, 6) is -0.952. The fourth-order valence-corrected chi connectivity index (χ4v) is 1.82. The van der Waals surface area contributed by atoms with Crippen LogP contribution in [0.4, 0.5) is 14.9 Å². The van der Waals surface area contributed by atoms with Gasteiger partial charge >= 0.3 is 6.03 Å². The highest BCUT2D eigenvalue weighted by molar-refractivity contribution is 6.23. The molecule has 0 saturated carbocycles. The Labute approximate surface area is 104 Å². The summed E-state index contributed by atoms with van der Waals surface area (Å²) in [7, 11) is 0. The van der Waals surface area contributed by atoms with E-state index in [1.165, 1.54) is 19.2 Å². The first-order chi connectivity index (χ1) is 8.39. The van der Waals surface area contributed by atoms with Crippen molar-refractivity contribution in [2.45, 2.75) is 32.7 Å². The van der Waals surface area contributed by atoms with E-state index in [0.717, 1.165) is 4.90 Å². The molecule has 2 heterocycles. The van der Waals surface area contributed by atoms with Gasteiger partial charge in [-0.3, -0.25) is 4.79 Å². The van der Waals surface area contributed by atoms with Crippen molar-refractivity contribution in [2.24, 2.45) is 0 Å². The van der Waals surface area contributed by atoms with Crippen LogP contribution in [0.5, 0.6) is 0 Å². The number of aromatic nitrogens is 1. The Morgan fingerprint density at radius 2 is 2.17 bits per heavy atom. The lowest BCUT2D eigenvalue weighted by atomic mass is 9.99. The predicted molar refractivity (Wildman–Crippen MR) is 63.6 cm³/mol. The summed E-state index contributed by atoms with van der Waals surface area (Å²) >= 11 is 0. The minimum absolute atomic E-state index is 0.286. The van der Waals surface area contributed by atoms with Gasteiger partial charge in [0.25, 0.3) is 5.91 Å². The fourth-order valence-electron chi connectivity index (χ4n) is 1.82. The molecule has 5 nitrogen and oxygen atoms in total. The highest BCUT2D eigenvalue weighted by Gasteiger charge is 2.47. The number of halogens is 1. The van der Waals surface area contributed by atoms with E-state index in [1.807, 2.05) is 6.92 Å². The molecule has 18 heavy (non-hydrogen) atoms. The Morgan fingerprint density at radius 1 is 1.50 bits per heavy atom. The van der Waals surface area contributed by atoms with Gasteiger partial charge < -0.3 is 5.32 Å². The Bertz CT molecular complexity index is 532. The number of carbonyl (C=O) groups is 2. The number of imide groups is 1. The average molecular weight is 251 g/mol. The first-order valence-electron chi connectivity index (χ1n) is 5.68. The first kappa shape index (κ1) is 12.5. The summed E-state index contributed by atoms with van der Waals surface area (Å²) in [6.07, 6.45) is 1.67. The van der Waals surface area contributed by atoms with Crippen molar-refractivity contribution in [2.75, 3.05) is 4.90 Å². The summed E-state index contributed by atoms with van der Waals surface area (Å²) in [6.45, 7) is 5.01. The van der Waals surface area contributed by atoms with Crippen LogP contribution in [-0.4, -0.2) is 22.5 Å². The molecule has 1 atom stereocenters. The van der Waals surface area contributed by atoms with E-state index in [0.29, 0.717) is 12.0 Å². The van der Waals surface area contributed by atoms with E-state index in [9.17, 15) is 14.0 Å². The molecule has 1 aliphatic rings. The van der Waals surface area contributed by atoms with Crippen LogP contribution in [0.3, 0.4) is 0 Å². The molecule has 3 amide bonds. The van der Waals surface area contributed by atoms with E-state index >= 15 is 0 Å². The minimum Gasteiger partial charge on any atom is -0.323 e. The van der Waals surface area contributed by atoms with Gasteiger partial charge in [-0.2, -0.15) is 4.39 Å². The largest absolute Gasteiger partial charge is 0.329 e. The molecule has 0 aromatic carbocycles. The number of nitrogens with one attached hydrogen (secondary N) is 1. The van der Waals surface area contributed by atoms with E-state index in [4.69, 9.17) is 0 Å². The Balaban J connectivity index is 2.42. The monoisotopic (exact) mass is 251 g/mol. The minimum atomic E-state index is -0.903. The van der Waals surface area contributed by atoms with Gasteiger partial charge in [0.15, 0.2) is 0 Å². The number of rotatable bonds is 2. The number of aryl methyl sites for hydroxylation is 1. The second kappa shape index (κ2) is 4.04. The zero-order valence-corrected chi connectivity index (χ0v) is 10.5. The number of amides is 3. The van der Waals surface area contributed by atoms with Gasteiger partial charge in [0.05, 0.1) is 11.9 Å². The van der Waals surface area contributed by atoms with Gasteiger partial charge in [0.1, 0.15) is 5.54 Å². The number of carbonyl (C=O) groups excluding carboxylic acids is 2. The van der Waals surface area contributed by atoms with Crippen molar-refractivity contribution in [1.82, 2.24) is 10.3 Å². The van der Waals surface area contributed by atoms with Gasteiger partial charge in [0, 0.05) is 5.56 Å². The second-order valence-electron chi connectivity index (χ2n) is 4.56. The van der Waals surface area contributed by atoms with Crippen LogP contribution in [0.1, 0.15) is 25.8 Å². The van der Waals surface area contributed by atoms with E-state index in [1.54, 1.807) is 6.92 Å². The molecule has 1 fully saturated rings. The molecule has 0 radical (unpaired) electrons. The van der Waals surface area contributed by atoms with E-state index in [2.05, 4.69) is 10.3 Å². The lowest BCUT2D eigenvalue weighted by Gasteiger charge is -2.19. The molecule has 0 aliphatic carbocycles. The van der Waals surface area contributed by atoms with Crippen LogP contribution in [0.25, 0.3) is 0 Å². The maximum atomic E-state index is 13.1. The zero-order chi connectivity index (χ0) is 13.5. The summed E-state index contributed by atoms with van der Waals surface area (Å²) in [4.78, 5) is 28.5. The smallest absolute Gasteiger partial charge is 0.323 e. The van der Waals surface area contributed by atoms with Gasteiger partial charge in [0.2, 0.25) is 5.95 Å². The lowest BCUT2D eigenvalue weighted by molar-refractivity contribution is -0.121. The van der Waals surface area contributed by atoms with Gasteiger partial charge in [-0.25, -0.2) is 14.7 Å². The number of nitrogens with zero attached hydrogens (tertiary/aromatic N) is 2. The molecule has 1 N–H and O–H groups in total. The van der Waals surface area contributed by atoms with Crippen LogP contribution < -0.4 is 10.2 Å². The molecule has 1 aliphatic heterocycles. The Hall–Kier alpha value is -1.98. The van der Waals surface area contributed by atoms with Crippen molar-refractivity contribution >= 4 is 17.6 Å². The van der Waals surface area contributed by atoms with Crippen LogP contribution in [0.2, 0.25) is 0 Å². The highest BCUT2D eigenvalue weighted by Crippen LogP contribution is 2.26. The molecule has 1 saturated heterocycles. The fraction of sp³-hybridized carbons (Fsp3) is 0.417. The second-order valence-corrected chi connectivity index (χ2v) is 4.56. The predicted octanol–water partition coefficient (Wildman–Crippen LogP) is 1.75. The molecule has 1 aromatic rings. The van der Waals surface area contributed by atoms with Crippen LogP contribution >= 0.6 is 0 Å². The maximum Gasteiger partial charge on any atom is 0.329 e. The van der Waals surface area contributed by atoms with Crippen LogP contribution in [-0.2, 0) is 4.79 Å². The Morgan fingerprint density at radius 3 is 2.67 bits per heavy atom. The standard InChI is InChI=1S/C12H14FN3O2/c1-4-12(3)10(17)16(11(18)15-12)8-5-7(2)9(13)14-6-8/h5-6H,4H2,1-3H3,(H,15,18)/t12-/m1/s1. The molecular formula is C12H14FN3O2. The number of hydrogen-bond acceptors (Lipinski definition) is 3. The molecule has 6 heteroatoms. The third-order valence-corrected chi connectivity index (χ3v) is 3.23. The van der Waals surface area contributed by atoms with Crippen LogP contribution in [0.15, 0.2) is 12.3 Å². The van der Waals surface area contributed by atoms with Crippen LogP contribution in [0, 0.1) is 12.9 Å². The highest BCUT2D eigenvalue weighted by atomic mass is 19.1. The summed E-state index contributed by atoms with van der Waals surface area (Å²) in [6, 6.07) is 0.929. The molecule has 1 aromatic heterocycles. The van der Waals surface area contributed by atoms with Gasteiger partial charge in [-0.1, -0.05) is 6.92 Å². The SMILES string of the molecule is CC[C@@]1(C)NC(=O)N(c2cnc(F)c(C)c2)C1=O. The summed E-state index contributed by atoms with van der Waals surface area (Å²) < 4.78 is 13.1. The van der Waals surface area contributed by atoms with Crippen molar-refractivity contribution in [1.29, 1.82) is 0 Å². The summed E-state index contributed by atoms with van der Waals surface area (Å²) in [5.41, 5.74) is -0.328. The van der Waals surface area contributed by atoms with E-state index < -0.39 is 17.5 Å². The van der Waals surface area contributed by atoms with Crippen molar-refractivity contribution in [3.8, 4) is 0 Å². The molecular weight excluding hydrogens is 237 g/mol. The van der Waals surface area contributed by atoms with Gasteiger partial charge in [-0.15, -0.1) is 0 Å². The van der Waals surface area contributed by atoms with Gasteiger partial charge in [-0.05, 0) is 26.3 Å². The molecule has 0 spiro atoms. The quantitative estimate of drug-likeness (QED) is 0.643. The third kappa shape index (κ3) is 1.73. The normalized spacial score (nSPS) is 23.4. The number of urea groups is 1. The lowest BCUT2D eigenvalue weighted by Crippen LogP contribution is -2.43. The number of hydrogen-bond donors (Lipinski definition) is 1. The van der Waals surface area contributed by atoms with Crippen molar-refractivity contribution < 1.29 is 14.0 Å². The number of anilines is 1. The first-order valence-corrected chi connectivity index (χ1v) is 5.68. The molecule has 0 unspecified atom stereocenters. The summed E-state index contributed by atoms with van der Waals surface area (Å²) in [5, 5.41) is 2.63.